The molecule has 1 aromatic carbocycles. The number of rotatable bonds is 4. The Kier molecular flexibility index (Phi) is 4.92. The van der Waals surface area contributed by atoms with Gasteiger partial charge in [0.2, 0.25) is 0 Å². The molecule has 2 amide bonds. The second-order valence-corrected chi connectivity index (χ2v) is 5.95. The highest BCUT2D eigenvalue weighted by Crippen LogP contribution is 2.18. The number of nitrogens with one attached hydrogen (secondary N) is 2. The van der Waals surface area contributed by atoms with Crippen LogP contribution in [-0.4, -0.2) is 33.1 Å². The highest BCUT2D eigenvalue weighted by atomic mass is 16.3. The van der Waals surface area contributed by atoms with Gasteiger partial charge in [0, 0.05) is 25.0 Å². The maximum absolute atomic E-state index is 12.0. The molecule has 1 aromatic heterocycles. The Hall–Kier alpha value is -2.34. The number of aromatic nitrogens is 2. The van der Waals surface area contributed by atoms with E-state index in [0.717, 1.165) is 36.9 Å². The molecule has 1 heterocycles. The predicted octanol–water partition coefficient (Wildman–Crippen LogP) is 1.97. The quantitative estimate of drug-likeness (QED) is 0.807. The molecular weight excluding hydrogens is 292 g/mol. The number of aliphatic hydroxyl groups excluding tert-OH is 1. The molecule has 2 aromatic rings. The van der Waals surface area contributed by atoms with Crippen LogP contribution in [0, 0.1) is 0 Å². The summed E-state index contributed by atoms with van der Waals surface area (Å²) >= 11 is 0. The van der Waals surface area contributed by atoms with Crippen molar-refractivity contribution in [2.45, 2.75) is 44.4 Å². The number of carbonyl (C=O) groups is 1. The fourth-order valence-corrected chi connectivity index (χ4v) is 2.87. The van der Waals surface area contributed by atoms with E-state index in [4.69, 9.17) is 0 Å². The molecule has 1 saturated carbocycles. The van der Waals surface area contributed by atoms with E-state index in [-0.39, 0.29) is 18.2 Å². The van der Waals surface area contributed by atoms with Gasteiger partial charge in [-0.1, -0.05) is 12.1 Å². The maximum atomic E-state index is 12.0. The summed E-state index contributed by atoms with van der Waals surface area (Å²) in [5.41, 5.74) is 1.99. The van der Waals surface area contributed by atoms with Crippen molar-refractivity contribution in [3.63, 3.8) is 0 Å². The molecule has 6 nitrogen and oxygen atoms in total. The van der Waals surface area contributed by atoms with Crippen LogP contribution in [0.5, 0.6) is 0 Å². The molecule has 0 saturated heterocycles. The SMILES string of the molecule is O=C(NCc1cccc(-n2cccn2)c1)NC1CCC(O)CC1. The third-order valence-electron chi connectivity index (χ3n) is 4.16. The van der Waals surface area contributed by atoms with Crippen LogP contribution in [0.25, 0.3) is 5.69 Å². The minimum absolute atomic E-state index is 0.157. The van der Waals surface area contributed by atoms with Gasteiger partial charge < -0.3 is 15.7 Å². The van der Waals surface area contributed by atoms with Gasteiger partial charge in [-0.15, -0.1) is 0 Å². The zero-order valence-corrected chi connectivity index (χ0v) is 13.0. The number of urea groups is 1. The number of aliphatic hydroxyl groups is 1. The fourth-order valence-electron chi connectivity index (χ4n) is 2.87. The fraction of sp³-hybridized carbons (Fsp3) is 0.412. The molecule has 1 aliphatic carbocycles. The molecule has 3 N–H and O–H groups in total. The summed E-state index contributed by atoms with van der Waals surface area (Å²) in [6, 6.07) is 9.79. The van der Waals surface area contributed by atoms with E-state index in [1.54, 1.807) is 10.9 Å². The van der Waals surface area contributed by atoms with Gasteiger partial charge in [-0.05, 0) is 49.4 Å². The summed E-state index contributed by atoms with van der Waals surface area (Å²) < 4.78 is 1.79. The van der Waals surface area contributed by atoms with Crippen LogP contribution in [0.4, 0.5) is 4.79 Å². The van der Waals surface area contributed by atoms with Gasteiger partial charge in [-0.2, -0.15) is 5.10 Å². The third-order valence-corrected chi connectivity index (χ3v) is 4.16. The van der Waals surface area contributed by atoms with Crippen LogP contribution in [-0.2, 0) is 6.54 Å². The predicted molar refractivity (Wildman–Crippen MR) is 87.2 cm³/mol. The highest BCUT2D eigenvalue weighted by Gasteiger charge is 2.20. The first kappa shape index (κ1) is 15.6. The van der Waals surface area contributed by atoms with Crippen molar-refractivity contribution in [1.82, 2.24) is 20.4 Å². The topological polar surface area (TPSA) is 79.2 Å². The van der Waals surface area contributed by atoms with E-state index < -0.39 is 0 Å². The number of carbonyl (C=O) groups excluding carboxylic acids is 1. The van der Waals surface area contributed by atoms with Crippen molar-refractivity contribution in [2.75, 3.05) is 0 Å². The molecule has 0 atom stereocenters. The molecule has 0 unspecified atom stereocenters. The Morgan fingerprint density at radius 2 is 2.09 bits per heavy atom. The number of hydrogen-bond donors (Lipinski definition) is 3. The summed E-state index contributed by atoms with van der Waals surface area (Å²) in [5.74, 6) is 0. The van der Waals surface area contributed by atoms with E-state index in [2.05, 4.69) is 15.7 Å². The minimum Gasteiger partial charge on any atom is -0.393 e. The zero-order valence-electron chi connectivity index (χ0n) is 13.0. The lowest BCUT2D eigenvalue weighted by Crippen LogP contribution is -2.43. The highest BCUT2D eigenvalue weighted by molar-refractivity contribution is 5.74. The van der Waals surface area contributed by atoms with E-state index in [9.17, 15) is 9.90 Å². The van der Waals surface area contributed by atoms with Gasteiger partial charge >= 0.3 is 6.03 Å². The first-order valence-electron chi connectivity index (χ1n) is 8.02. The van der Waals surface area contributed by atoms with Crippen LogP contribution in [0.2, 0.25) is 0 Å². The average Bonchev–Trinajstić information content (AvgIpc) is 3.10. The zero-order chi connectivity index (χ0) is 16.1. The first-order valence-corrected chi connectivity index (χ1v) is 8.02. The number of nitrogens with zero attached hydrogens (tertiary/aromatic N) is 2. The molecule has 0 radical (unpaired) electrons. The smallest absolute Gasteiger partial charge is 0.315 e. The largest absolute Gasteiger partial charge is 0.393 e. The van der Waals surface area contributed by atoms with Crippen LogP contribution >= 0.6 is 0 Å². The van der Waals surface area contributed by atoms with Crippen LogP contribution < -0.4 is 10.6 Å². The summed E-state index contributed by atoms with van der Waals surface area (Å²) in [4.78, 5) is 12.0. The van der Waals surface area contributed by atoms with Crippen molar-refractivity contribution in [1.29, 1.82) is 0 Å². The third kappa shape index (κ3) is 4.32. The molecule has 1 aliphatic rings. The van der Waals surface area contributed by atoms with Crippen LogP contribution in [0.1, 0.15) is 31.2 Å². The van der Waals surface area contributed by atoms with Gasteiger partial charge in [0.15, 0.2) is 0 Å². The number of benzene rings is 1. The van der Waals surface area contributed by atoms with Crippen molar-refractivity contribution in [3.05, 3.63) is 48.3 Å². The van der Waals surface area contributed by atoms with Crippen LogP contribution in [0.15, 0.2) is 42.7 Å². The average molecular weight is 314 g/mol. The van der Waals surface area contributed by atoms with Gasteiger partial charge in [-0.25, -0.2) is 9.48 Å². The summed E-state index contributed by atoms with van der Waals surface area (Å²) in [5, 5.41) is 19.5. The molecule has 1 fully saturated rings. The lowest BCUT2D eigenvalue weighted by molar-refractivity contribution is 0.117. The Labute approximate surface area is 135 Å². The molecule has 0 aliphatic heterocycles. The minimum atomic E-state index is -0.207. The van der Waals surface area contributed by atoms with E-state index in [1.807, 2.05) is 36.5 Å². The lowest BCUT2D eigenvalue weighted by Gasteiger charge is -2.26. The molecule has 23 heavy (non-hydrogen) atoms. The molecule has 0 bridgehead atoms. The second kappa shape index (κ2) is 7.28. The number of hydrogen-bond acceptors (Lipinski definition) is 3. The van der Waals surface area contributed by atoms with Gasteiger partial charge in [0.05, 0.1) is 11.8 Å². The lowest BCUT2D eigenvalue weighted by atomic mass is 9.93. The summed E-state index contributed by atoms with van der Waals surface area (Å²) in [7, 11) is 0. The van der Waals surface area contributed by atoms with E-state index in [0.29, 0.717) is 6.54 Å². The van der Waals surface area contributed by atoms with Crippen LogP contribution in [0.3, 0.4) is 0 Å². The number of amides is 2. The molecule has 122 valence electrons. The Morgan fingerprint density at radius 3 is 2.83 bits per heavy atom. The van der Waals surface area contributed by atoms with Crippen molar-refractivity contribution < 1.29 is 9.90 Å². The van der Waals surface area contributed by atoms with Gasteiger partial charge in [-0.3, -0.25) is 0 Å². The standard InChI is InChI=1S/C17H22N4O2/c22-16-7-5-14(6-8-16)20-17(23)18-12-13-3-1-4-15(11-13)21-10-2-9-19-21/h1-4,9-11,14,16,22H,5-8,12H2,(H2,18,20,23). The molecule has 0 spiro atoms. The molecule has 3 rings (SSSR count). The summed E-state index contributed by atoms with van der Waals surface area (Å²) in [6.07, 6.45) is 6.61. The van der Waals surface area contributed by atoms with Crippen molar-refractivity contribution >= 4 is 6.03 Å². The Morgan fingerprint density at radius 1 is 1.26 bits per heavy atom. The summed E-state index contributed by atoms with van der Waals surface area (Å²) in [6.45, 7) is 0.469. The van der Waals surface area contributed by atoms with Gasteiger partial charge in [0.25, 0.3) is 0 Å². The Bertz CT molecular complexity index is 634. The molecular formula is C17H22N4O2. The van der Waals surface area contributed by atoms with Crippen molar-refractivity contribution in [2.24, 2.45) is 0 Å². The van der Waals surface area contributed by atoms with E-state index >= 15 is 0 Å². The van der Waals surface area contributed by atoms with E-state index in [1.165, 1.54) is 0 Å². The first-order chi connectivity index (χ1) is 11.2. The normalized spacial score (nSPS) is 20.9. The Balaban J connectivity index is 1.50. The van der Waals surface area contributed by atoms with Gasteiger partial charge in [0.1, 0.15) is 0 Å². The molecule has 6 heteroatoms. The second-order valence-electron chi connectivity index (χ2n) is 5.95. The monoisotopic (exact) mass is 314 g/mol. The maximum Gasteiger partial charge on any atom is 0.315 e. The van der Waals surface area contributed by atoms with Crippen molar-refractivity contribution in [3.8, 4) is 5.69 Å².